The average molecular weight is 331 g/mol. The molecule has 0 saturated carbocycles. The number of anilines is 1. The van der Waals surface area contributed by atoms with Gasteiger partial charge in [0.05, 0.1) is 11.7 Å². The summed E-state index contributed by atoms with van der Waals surface area (Å²) in [6.45, 7) is 7.81. The van der Waals surface area contributed by atoms with E-state index in [-0.39, 0.29) is 29.3 Å². The third-order valence-corrected chi connectivity index (χ3v) is 4.79. The Balaban J connectivity index is 1.55. The highest BCUT2D eigenvalue weighted by molar-refractivity contribution is 5.91. The van der Waals surface area contributed by atoms with Crippen molar-refractivity contribution >= 4 is 17.6 Å². The lowest BCUT2D eigenvalue weighted by Crippen LogP contribution is -2.62. The van der Waals surface area contributed by atoms with E-state index in [1.807, 2.05) is 19.2 Å². The van der Waals surface area contributed by atoms with Gasteiger partial charge in [-0.2, -0.15) is 5.10 Å². The van der Waals surface area contributed by atoms with Crippen molar-refractivity contribution in [1.82, 2.24) is 20.4 Å². The smallest absolute Gasteiger partial charge is 0.245 e. The summed E-state index contributed by atoms with van der Waals surface area (Å²) in [7, 11) is 1.81. The van der Waals surface area contributed by atoms with E-state index in [9.17, 15) is 9.59 Å². The molecule has 1 aromatic rings. The zero-order valence-electron chi connectivity index (χ0n) is 14.7. The van der Waals surface area contributed by atoms with Crippen LogP contribution in [0.2, 0.25) is 0 Å². The molecular weight excluding hydrogens is 306 g/mol. The van der Waals surface area contributed by atoms with Crippen LogP contribution < -0.4 is 10.2 Å². The fraction of sp³-hybridized carbons (Fsp3) is 0.647. The van der Waals surface area contributed by atoms with Gasteiger partial charge in [0.2, 0.25) is 11.8 Å². The molecule has 0 radical (unpaired) electrons. The summed E-state index contributed by atoms with van der Waals surface area (Å²) in [5, 5.41) is 11.4. The number of hydrogen-bond acceptors (Lipinski definition) is 5. The summed E-state index contributed by atoms with van der Waals surface area (Å²) in [4.78, 5) is 27.5. The standard InChI is InChI=1S/C17H25N5O2/c1-17(2,3)13-6-7-14(20-19-13)22-9-11(10-22)21(4)16(24)12-5-8-15(23)18-12/h6-7,11-12H,5,8-10H2,1-4H3,(H,18,23). The fourth-order valence-electron chi connectivity index (χ4n) is 3.01. The van der Waals surface area contributed by atoms with Gasteiger partial charge in [-0.1, -0.05) is 20.8 Å². The topological polar surface area (TPSA) is 78.4 Å². The first kappa shape index (κ1) is 16.7. The number of likely N-dealkylation sites (N-methyl/N-ethyl adjacent to an activating group) is 1. The molecule has 2 fully saturated rings. The van der Waals surface area contributed by atoms with E-state index >= 15 is 0 Å². The molecule has 3 rings (SSSR count). The average Bonchev–Trinajstić information content (AvgIpc) is 2.91. The molecule has 3 heterocycles. The monoisotopic (exact) mass is 331 g/mol. The molecule has 2 amide bonds. The van der Waals surface area contributed by atoms with Gasteiger partial charge in [-0.15, -0.1) is 5.10 Å². The van der Waals surface area contributed by atoms with Crippen LogP contribution in [0.5, 0.6) is 0 Å². The van der Waals surface area contributed by atoms with E-state index in [1.165, 1.54) is 0 Å². The molecule has 2 aliphatic heterocycles. The van der Waals surface area contributed by atoms with E-state index in [2.05, 4.69) is 41.2 Å². The number of aromatic nitrogens is 2. The fourth-order valence-corrected chi connectivity index (χ4v) is 3.01. The zero-order valence-corrected chi connectivity index (χ0v) is 14.7. The summed E-state index contributed by atoms with van der Waals surface area (Å²) in [6, 6.07) is 3.79. The zero-order chi connectivity index (χ0) is 17.5. The van der Waals surface area contributed by atoms with Crippen molar-refractivity contribution in [3.8, 4) is 0 Å². The number of nitrogens with one attached hydrogen (secondary N) is 1. The maximum absolute atomic E-state index is 12.4. The number of rotatable bonds is 3. The van der Waals surface area contributed by atoms with Crippen molar-refractivity contribution in [1.29, 1.82) is 0 Å². The molecule has 24 heavy (non-hydrogen) atoms. The van der Waals surface area contributed by atoms with Gasteiger partial charge in [0, 0.05) is 32.0 Å². The largest absolute Gasteiger partial charge is 0.351 e. The first-order valence-electron chi connectivity index (χ1n) is 8.41. The van der Waals surface area contributed by atoms with Gasteiger partial charge < -0.3 is 15.1 Å². The van der Waals surface area contributed by atoms with Crippen LogP contribution >= 0.6 is 0 Å². The molecule has 2 aliphatic rings. The highest BCUT2D eigenvalue weighted by Crippen LogP contribution is 2.24. The second-order valence-corrected chi connectivity index (χ2v) is 7.69. The van der Waals surface area contributed by atoms with Crippen molar-refractivity contribution in [2.24, 2.45) is 0 Å². The van der Waals surface area contributed by atoms with Crippen LogP contribution in [0.3, 0.4) is 0 Å². The van der Waals surface area contributed by atoms with Gasteiger partial charge in [0.25, 0.3) is 0 Å². The van der Waals surface area contributed by atoms with E-state index < -0.39 is 0 Å². The van der Waals surface area contributed by atoms with Gasteiger partial charge in [0.15, 0.2) is 5.82 Å². The molecular formula is C17H25N5O2. The molecule has 130 valence electrons. The van der Waals surface area contributed by atoms with Gasteiger partial charge in [-0.25, -0.2) is 0 Å². The molecule has 7 nitrogen and oxygen atoms in total. The van der Waals surface area contributed by atoms with Gasteiger partial charge >= 0.3 is 0 Å². The SMILES string of the molecule is CN(C(=O)C1CCC(=O)N1)C1CN(c2ccc(C(C)(C)C)nn2)C1. The molecule has 1 unspecified atom stereocenters. The van der Waals surface area contributed by atoms with Gasteiger partial charge in [-0.05, 0) is 18.6 Å². The Bertz CT molecular complexity index is 631. The second-order valence-electron chi connectivity index (χ2n) is 7.69. The molecule has 1 N–H and O–H groups in total. The van der Waals surface area contributed by atoms with Crippen LogP contribution in [0.4, 0.5) is 5.82 Å². The normalized spacial score (nSPS) is 21.4. The quantitative estimate of drug-likeness (QED) is 0.882. The number of hydrogen-bond donors (Lipinski definition) is 1. The van der Waals surface area contributed by atoms with Crippen LogP contribution in [0, 0.1) is 0 Å². The first-order chi connectivity index (χ1) is 11.3. The number of carbonyl (C=O) groups is 2. The van der Waals surface area contributed by atoms with Crippen molar-refractivity contribution < 1.29 is 9.59 Å². The molecule has 1 aromatic heterocycles. The Morgan fingerprint density at radius 2 is 2.00 bits per heavy atom. The van der Waals surface area contributed by atoms with E-state index in [0.717, 1.165) is 24.6 Å². The Morgan fingerprint density at radius 3 is 2.50 bits per heavy atom. The van der Waals surface area contributed by atoms with E-state index in [1.54, 1.807) is 4.90 Å². The number of carbonyl (C=O) groups excluding carboxylic acids is 2. The Labute approximate surface area is 142 Å². The third-order valence-electron chi connectivity index (χ3n) is 4.79. The maximum Gasteiger partial charge on any atom is 0.245 e. The molecule has 2 saturated heterocycles. The first-order valence-corrected chi connectivity index (χ1v) is 8.41. The van der Waals surface area contributed by atoms with Crippen molar-refractivity contribution in [2.75, 3.05) is 25.0 Å². The summed E-state index contributed by atoms with van der Waals surface area (Å²) in [5.41, 5.74) is 0.953. The summed E-state index contributed by atoms with van der Waals surface area (Å²) >= 11 is 0. The highest BCUT2D eigenvalue weighted by atomic mass is 16.2. The van der Waals surface area contributed by atoms with Crippen LogP contribution in [0.25, 0.3) is 0 Å². The second kappa shape index (κ2) is 6.03. The lowest BCUT2D eigenvalue weighted by atomic mass is 9.92. The summed E-state index contributed by atoms with van der Waals surface area (Å²) in [6.07, 6.45) is 1.04. The predicted molar refractivity (Wildman–Crippen MR) is 90.7 cm³/mol. The Morgan fingerprint density at radius 1 is 1.29 bits per heavy atom. The van der Waals surface area contributed by atoms with Crippen LogP contribution in [0.15, 0.2) is 12.1 Å². The third kappa shape index (κ3) is 3.20. The summed E-state index contributed by atoms with van der Waals surface area (Å²) in [5.74, 6) is 0.806. The number of nitrogens with zero attached hydrogens (tertiary/aromatic N) is 4. The van der Waals surface area contributed by atoms with Crippen LogP contribution in [-0.4, -0.2) is 59.1 Å². The molecule has 1 atom stereocenters. The predicted octanol–water partition coefficient (Wildman–Crippen LogP) is 0.700. The minimum Gasteiger partial charge on any atom is -0.351 e. The number of amides is 2. The van der Waals surface area contributed by atoms with Gasteiger partial charge in [0.1, 0.15) is 6.04 Å². The molecule has 0 bridgehead atoms. The minimum atomic E-state index is -0.359. The molecule has 0 aliphatic carbocycles. The van der Waals surface area contributed by atoms with Crippen molar-refractivity contribution in [3.05, 3.63) is 17.8 Å². The Kier molecular flexibility index (Phi) is 4.19. The van der Waals surface area contributed by atoms with Crippen LogP contribution in [0.1, 0.15) is 39.3 Å². The lowest BCUT2D eigenvalue weighted by molar-refractivity contribution is -0.135. The molecule has 7 heteroatoms. The molecule has 0 spiro atoms. The minimum absolute atomic E-state index is 0.000310. The highest BCUT2D eigenvalue weighted by Gasteiger charge is 2.37. The Hall–Kier alpha value is -2.18. The van der Waals surface area contributed by atoms with E-state index in [4.69, 9.17) is 0 Å². The van der Waals surface area contributed by atoms with Crippen LogP contribution in [-0.2, 0) is 15.0 Å². The summed E-state index contributed by atoms with van der Waals surface area (Å²) < 4.78 is 0. The molecule has 0 aromatic carbocycles. The van der Waals surface area contributed by atoms with Gasteiger partial charge in [-0.3, -0.25) is 9.59 Å². The lowest BCUT2D eigenvalue weighted by Gasteiger charge is -2.45. The van der Waals surface area contributed by atoms with E-state index in [0.29, 0.717) is 12.8 Å². The maximum atomic E-state index is 12.4. The van der Waals surface area contributed by atoms with Crippen molar-refractivity contribution in [3.63, 3.8) is 0 Å². The van der Waals surface area contributed by atoms with Crippen molar-refractivity contribution in [2.45, 2.75) is 51.1 Å².